The largest absolute Gasteiger partial charge is 0.376 e. The Hall–Kier alpha value is -0.610. The first-order valence-electron chi connectivity index (χ1n) is 5.62. The number of hydrogen-bond acceptors (Lipinski definition) is 3. The van der Waals surface area contributed by atoms with Crippen LogP contribution in [0.1, 0.15) is 40.5 Å². The van der Waals surface area contributed by atoms with Crippen LogP contribution in [0.3, 0.4) is 0 Å². The van der Waals surface area contributed by atoms with Gasteiger partial charge in [0.2, 0.25) is 5.91 Å². The third kappa shape index (κ3) is 5.14. The Morgan fingerprint density at radius 3 is 2.53 bits per heavy atom. The summed E-state index contributed by atoms with van der Waals surface area (Å²) in [7, 11) is 0. The normalized spacial score (nSPS) is 17.1. The number of amides is 1. The molecule has 0 aliphatic carbocycles. The molecule has 3 N–H and O–H groups in total. The van der Waals surface area contributed by atoms with E-state index in [0.29, 0.717) is 13.2 Å². The molecule has 90 valence electrons. The molecular weight excluding hydrogens is 192 g/mol. The number of ether oxygens (including phenoxy) is 1. The fourth-order valence-electron chi connectivity index (χ4n) is 1.40. The Balaban J connectivity index is 4.12. The van der Waals surface area contributed by atoms with Crippen molar-refractivity contribution in [1.82, 2.24) is 5.32 Å². The van der Waals surface area contributed by atoms with E-state index in [0.717, 1.165) is 12.8 Å². The van der Waals surface area contributed by atoms with Gasteiger partial charge >= 0.3 is 0 Å². The molecule has 4 heteroatoms. The Kier molecular flexibility index (Phi) is 6.52. The van der Waals surface area contributed by atoms with Gasteiger partial charge in [-0.1, -0.05) is 20.3 Å². The maximum atomic E-state index is 11.3. The quantitative estimate of drug-likeness (QED) is 0.637. The van der Waals surface area contributed by atoms with E-state index in [2.05, 4.69) is 12.2 Å². The van der Waals surface area contributed by atoms with Crippen molar-refractivity contribution in [2.75, 3.05) is 13.2 Å². The van der Waals surface area contributed by atoms with Crippen LogP contribution in [-0.4, -0.2) is 30.7 Å². The molecule has 15 heavy (non-hydrogen) atoms. The molecule has 0 fully saturated rings. The van der Waals surface area contributed by atoms with Gasteiger partial charge in [0.1, 0.15) is 5.54 Å². The molecule has 0 heterocycles. The third-order valence-electron chi connectivity index (χ3n) is 2.46. The average molecular weight is 216 g/mol. The predicted octanol–water partition coefficient (Wildman–Crippen LogP) is 1.05. The van der Waals surface area contributed by atoms with Gasteiger partial charge in [-0.2, -0.15) is 0 Å². The van der Waals surface area contributed by atoms with E-state index in [9.17, 15) is 4.79 Å². The van der Waals surface area contributed by atoms with Crippen molar-refractivity contribution in [3.05, 3.63) is 0 Å². The number of primary amides is 1. The second-order valence-electron chi connectivity index (χ2n) is 4.14. The zero-order valence-corrected chi connectivity index (χ0v) is 10.3. The lowest BCUT2D eigenvalue weighted by Crippen LogP contribution is -2.56. The lowest BCUT2D eigenvalue weighted by atomic mass is 10.0. The van der Waals surface area contributed by atoms with E-state index in [1.807, 2.05) is 13.8 Å². The zero-order chi connectivity index (χ0) is 11.9. The molecule has 0 saturated carbocycles. The summed E-state index contributed by atoms with van der Waals surface area (Å²) < 4.78 is 5.60. The van der Waals surface area contributed by atoms with Crippen molar-refractivity contribution in [1.29, 1.82) is 0 Å². The van der Waals surface area contributed by atoms with Crippen molar-refractivity contribution in [2.45, 2.75) is 52.2 Å². The first-order valence-corrected chi connectivity index (χ1v) is 5.62. The van der Waals surface area contributed by atoms with Crippen LogP contribution in [0, 0.1) is 0 Å². The number of hydrogen-bond donors (Lipinski definition) is 2. The molecule has 0 saturated heterocycles. The van der Waals surface area contributed by atoms with Crippen LogP contribution in [0.5, 0.6) is 0 Å². The highest BCUT2D eigenvalue weighted by molar-refractivity contribution is 5.84. The molecule has 2 atom stereocenters. The van der Waals surface area contributed by atoms with Gasteiger partial charge in [-0.15, -0.1) is 0 Å². The zero-order valence-electron chi connectivity index (χ0n) is 10.3. The number of likely N-dealkylation sites (N-methyl/N-ethyl adjacent to an activating group) is 1. The molecular formula is C11H24N2O2. The number of nitrogens with two attached hydrogens (primary N) is 1. The van der Waals surface area contributed by atoms with Gasteiger partial charge in [-0.05, 0) is 26.8 Å². The monoisotopic (exact) mass is 216 g/mol. The Bertz CT molecular complexity index is 197. The highest BCUT2D eigenvalue weighted by atomic mass is 16.5. The molecule has 0 radical (unpaired) electrons. The first-order chi connectivity index (χ1) is 6.96. The fourth-order valence-corrected chi connectivity index (χ4v) is 1.40. The first kappa shape index (κ1) is 14.4. The minimum atomic E-state index is -0.753. The van der Waals surface area contributed by atoms with Crippen LogP contribution < -0.4 is 11.1 Å². The molecule has 0 bridgehead atoms. The van der Waals surface area contributed by atoms with Crippen LogP contribution in [0.25, 0.3) is 0 Å². The van der Waals surface area contributed by atoms with Crippen molar-refractivity contribution >= 4 is 5.91 Å². The number of rotatable bonds is 8. The van der Waals surface area contributed by atoms with Crippen LogP contribution in [-0.2, 0) is 9.53 Å². The Labute approximate surface area is 92.6 Å². The van der Waals surface area contributed by atoms with E-state index in [4.69, 9.17) is 10.5 Å². The van der Waals surface area contributed by atoms with E-state index in [-0.39, 0.29) is 12.0 Å². The average Bonchev–Trinajstić information content (AvgIpc) is 2.15. The summed E-state index contributed by atoms with van der Waals surface area (Å²) in [6, 6.07) is 0. The molecule has 0 aromatic heterocycles. The second kappa shape index (κ2) is 6.80. The third-order valence-corrected chi connectivity index (χ3v) is 2.46. The topological polar surface area (TPSA) is 64.3 Å². The molecule has 0 spiro atoms. The Morgan fingerprint density at radius 2 is 2.13 bits per heavy atom. The fraction of sp³-hybridized carbons (Fsp3) is 0.909. The summed E-state index contributed by atoms with van der Waals surface area (Å²) in [4.78, 5) is 11.3. The molecule has 4 nitrogen and oxygen atoms in total. The summed E-state index contributed by atoms with van der Waals surface area (Å²) in [5.41, 5.74) is 4.58. The highest BCUT2D eigenvalue weighted by Gasteiger charge is 2.30. The minimum absolute atomic E-state index is 0.173. The number of carbonyl (C=O) groups is 1. The smallest absolute Gasteiger partial charge is 0.239 e. The van der Waals surface area contributed by atoms with Crippen molar-refractivity contribution in [2.24, 2.45) is 5.73 Å². The molecule has 0 rings (SSSR count). The summed E-state index contributed by atoms with van der Waals surface area (Å²) in [5.74, 6) is -0.368. The lowest BCUT2D eigenvalue weighted by Gasteiger charge is -2.28. The van der Waals surface area contributed by atoms with Crippen molar-refractivity contribution in [3.8, 4) is 0 Å². The van der Waals surface area contributed by atoms with E-state index >= 15 is 0 Å². The van der Waals surface area contributed by atoms with Crippen molar-refractivity contribution in [3.63, 3.8) is 0 Å². The number of nitrogens with one attached hydrogen (secondary N) is 1. The van der Waals surface area contributed by atoms with Gasteiger partial charge in [-0.3, -0.25) is 4.79 Å². The van der Waals surface area contributed by atoms with Crippen LogP contribution in [0.4, 0.5) is 0 Å². The lowest BCUT2D eigenvalue weighted by molar-refractivity contribution is -0.127. The molecule has 2 unspecified atom stereocenters. The van der Waals surface area contributed by atoms with Gasteiger partial charge < -0.3 is 15.8 Å². The van der Waals surface area contributed by atoms with E-state index < -0.39 is 5.54 Å². The molecule has 0 aliphatic rings. The summed E-state index contributed by atoms with van der Waals surface area (Å²) in [6.07, 6.45) is 2.25. The summed E-state index contributed by atoms with van der Waals surface area (Å²) in [6.45, 7) is 8.87. The van der Waals surface area contributed by atoms with Gasteiger partial charge in [0.25, 0.3) is 0 Å². The summed E-state index contributed by atoms with van der Waals surface area (Å²) >= 11 is 0. The van der Waals surface area contributed by atoms with E-state index in [1.54, 1.807) is 6.92 Å². The van der Waals surface area contributed by atoms with Gasteiger partial charge in [-0.25, -0.2) is 0 Å². The summed E-state index contributed by atoms with van der Waals surface area (Å²) in [5, 5.41) is 3.06. The minimum Gasteiger partial charge on any atom is -0.376 e. The van der Waals surface area contributed by atoms with Crippen LogP contribution >= 0.6 is 0 Å². The van der Waals surface area contributed by atoms with Crippen molar-refractivity contribution < 1.29 is 9.53 Å². The van der Waals surface area contributed by atoms with Gasteiger partial charge in [0.05, 0.1) is 12.7 Å². The number of carbonyl (C=O) groups excluding carboxylic acids is 1. The van der Waals surface area contributed by atoms with Crippen LogP contribution in [0.2, 0.25) is 0 Å². The molecule has 0 aliphatic heterocycles. The molecule has 0 aromatic carbocycles. The maximum absolute atomic E-state index is 11.3. The standard InChI is InChI=1S/C11H24N2O2/c1-5-7-9(3)15-8-11(4,10(12)14)13-6-2/h9,13H,5-8H2,1-4H3,(H2,12,14). The van der Waals surface area contributed by atoms with Gasteiger partial charge in [0.15, 0.2) is 0 Å². The van der Waals surface area contributed by atoms with E-state index in [1.165, 1.54) is 0 Å². The van der Waals surface area contributed by atoms with Gasteiger partial charge in [0, 0.05) is 0 Å². The molecule has 1 amide bonds. The molecule has 0 aromatic rings. The maximum Gasteiger partial charge on any atom is 0.239 e. The second-order valence-corrected chi connectivity index (χ2v) is 4.14. The predicted molar refractivity (Wildman–Crippen MR) is 61.6 cm³/mol. The van der Waals surface area contributed by atoms with Crippen LogP contribution in [0.15, 0.2) is 0 Å². The Morgan fingerprint density at radius 1 is 1.53 bits per heavy atom. The highest BCUT2D eigenvalue weighted by Crippen LogP contribution is 2.08. The SMILES string of the molecule is CCCC(C)OCC(C)(NCC)C(N)=O.